The first-order chi connectivity index (χ1) is 7.12. The molecule has 15 heavy (non-hydrogen) atoms. The van der Waals surface area contributed by atoms with Crippen LogP contribution in [0.1, 0.15) is 59.3 Å². The second kappa shape index (κ2) is 5.86. The van der Waals surface area contributed by atoms with Crippen LogP contribution in [0.4, 0.5) is 0 Å². The van der Waals surface area contributed by atoms with E-state index in [1.165, 1.54) is 38.5 Å². The molecule has 1 aliphatic rings. The summed E-state index contributed by atoms with van der Waals surface area (Å²) < 4.78 is 0. The Labute approximate surface area is 95.0 Å². The maximum atomic E-state index is 5.99. The molecule has 1 saturated carbocycles. The Bertz CT molecular complexity index is 181. The monoisotopic (exact) mass is 212 g/mol. The van der Waals surface area contributed by atoms with Crippen molar-refractivity contribution in [2.75, 3.05) is 6.54 Å². The normalized spacial score (nSPS) is 34.8. The molecule has 0 saturated heterocycles. The topological polar surface area (TPSA) is 38.0 Å². The van der Waals surface area contributed by atoms with Gasteiger partial charge >= 0.3 is 0 Å². The van der Waals surface area contributed by atoms with Gasteiger partial charge in [-0.25, -0.2) is 0 Å². The Morgan fingerprint density at radius 2 is 2.13 bits per heavy atom. The minimum Gasteiger partial charge on any atom is -0.329 e. The first kappa shape index (κ1) is 13.0. The first-order valence-corrected chi connectivity index (χ1v) is 6.59. The Hall–Kier alpha value is -0.0800. The smallest absolute Gasteiger partial charge is 0.0306 e. The van der Waals surface area contributed by atoms with E-state index in [-0.39, 0.29) is 5.54 Å². The maximum Gasteiger partial charge on any atom is 0.0306 e. The van der Waals surface area contributed by atoms with Crippen LogP contribution in [0.3, 0.4) is 0 Å². The van der Waals surface area contributed by atoms with Gasteiger partial charge in [-0.3, -0.25) is 0 Å². The zero-order valence-electron chi connectivity index (χ0n) is 10.7. The largest absolute Gasteiger partial charge is 0.329 e. The highest BCUT2D eigenvalue weighted by atomic mass is 15.0. The molecule has 0 aliphatic heterocycles. The van der Waals surface area contributed by atoms with E-state index in [0.717, 1.165) is 12.5 Å². The summed E-state index contributed by atoms with van der Waals surface area (Å²) in [5.41, 5.74) is 6.23. The maximum absolute atomic E-state index is 5.99. The fraction of sp³-hybridized carbons (Fsp3) is 1.00. The van der Waals surface area contributed by atoms with Crippen molar-refractivity contribution < 1.29 is 0 Å². The molecular formula is C13H28N2. The van der Waals surface area contributed by atoms with Gasteiger partial charge in [0.05, 0.1) is 0 Å². The number of hydrogen-bond donors (Lipinski definition) is 2. The average Bonchev–Trinajstić information content (AvgIpc) is 2.42. The molecule has 2 heteroatoms. The molecule has 0 radical (unpaired) electrons. The van der Waals surface area contributed by atoms with Gasteiger partial charge in [-0.15, -0.1) is 0 Å². The third-order valence-electron chi connectivity index (χ3n) is 4.02. The number of nitrogens with one attached hydrogen (secondary N) is 1. The average molecular weight is 212 g/mol. The quantitative estimate of drug-likeness (QED) is 0.703. The Morgan fingerprint density at radius 3 is 2.73 bits per heavy atom. The predicted molar refractivity (Wildman–Crippen MR) is 66.9 cm³/mol. The highest BCUT2D eigenvalue weighted by molar-refractivity contribution is 4.93. The zero-order chi connectivity index (χ0) is 11.3. The van der Waals surface area contributed by atoms with Crippen LogP contribution in [0.2, 0.25) is 0 Å². The van der Waals surface area contributed by atoms with Crippen molar-refractivity contribution in [3.05, 3.63) is 0 Å². The summed E-state index contributed by atoms with van der Waals surface area (Å²) in [5.74, 6) is 0.886. The second-order valence-electron chi connectivity index (χ2n) is 5.47. The van der Waals surface area contributed by atoms with Gasteiger partial charge in [0.1, 0.15) is 0 Å². The van der Waals surface area contributed by atoms with E-state index in [1.807, 2.05) is 0 Å². The predicted octanol–water partition coefficient (Wildman–Crippen LogP) is 2.67. The molecule has 0 bridgehead atoms. The Balaban J connectivity index is 2.57. The molecule has 0 spiro atoms. The summed E-state index contributed by atoms with van der Waals surface area (Å²) in [6, 6.07) is 0.599. The highest BCUT2D eigenvalue weighted by Crippen LogP contribution is 2.30. The van der Waals surface area contributed by atoms with Crippen molar-refractivity contribution in [2.45, 2.75) is 70.9 Å². The van der Waals surface area contributed by atoms with E-state index in [9.17, 15) is 0 Å². The molecule has 3 N–H and O–H groups in total. The standard InChI is InChI=1S/C13H28N2/c1-4-12(3)15-13(10-14)8-5-6-11(2)7-9-13/h11-12,15H,4-10,14H2,1-3H3. The van der Waals surface area contributed by atoms with E-state index < -0.39 is 0 Å². The molecule has 1 fully saturated rings. The van der Waals surface area contributed by atoms with Crippen LogP contribution in [0.15, 0.2) is 0 Å². The van der Waals surface area contributed by atoms with Gasteiger partial charge in [-0.05, 0) is 38.5 Å². The van der Waals surface area contributed by atoms with Crippen LogP contribution in [-0.4, -0.2) is 18.1 Å². The minimum atomic E-state index is 0.236. The first-order valence-electron chi connectivity index (χ1n) is 6.59. The molecule has 0 amide bonds. The molecular weight excluding hydrogens is 184 g/mol. The van der Waals surface area contributed by atoms with Crippen LogP contribution in [0.25, 0.3) is 0 Å². The summed E-state index contributed by atoms with van der Waals surface area (Å²) in [7, 11) is 0. The molecule has 0 aromatic rings. The summed E-state index contributed by atoms with van der Waals surface area (Å²) in [6.45, 7) is 7.67. The molecule has 0 heterocycles. The molecule has 0 aromatic heterocycles. The van der Waals surface area contributed by atoms with Crippen LogP contribution < -0.4 is 11.1 Å². The zero-order valence-corrected chi connectivity index (χ0v) is 10.7. The fourth-order valence-corrected chi connectivity index (χ4v) is 2.61. The van der Waals surface area contributed by atoms with E-state index in [1.54, 1.807) is 0 Å². The van der Waals surface area contributed by atoms with Gasteiger partial charge in [-0.1, -0.05) is 26.7 Å². The Morgan fingerprint density at radius 1 is 1.40 bits per heavy atom. The van der Waals surface area contributed by atoms with E-state index in [4.69, 9.17) is 5.73 Å². The lowest BCUT2D eigenvalue weighted by Crippen LogP contribution is -2.54. The number of hydrogen-bond acceptors (Lipinski definition) is 2. The highest BCUT2D eigenvalue weighted by Gasteiger charge is 2.31. The lowest BCUT2D eigenvalue weighted by molar-refractivity contribution is 0.259. The van der Waals surface area contributed by atoms with Crippen molar-refractivity contribution in [1.29, 1.82) is 0 Å². The summed E-state index contributed by atoms with van der Waals surface area (Å²) in [5, 5.41) is 3.77. The van der Waals surface area contributed by atoms with E-state index in [2.05, 4.69) is 26.1 Å². The van der Waals surface area contributed by atoms with Crippen LogP contribution in [0.5, 0.6) is 0 Å². The van der Waals surface area contributed by atoms with Crippen molar-refractivity contribution >= 4 is 0 Å². The molecule has 1 rings (SSSR count). The number of rotatable bonds is 4. The van der Waals surface area contributed by atoms with Crippen molar-refractivity contribution in [3.8, 4) is 0 Å². The van der Waals surface area contributed by atoms with E-state index >= 15 is 0 Å². The molecule has 0 aromatic carbocycles. The molecule has 3 unspecified atom stereocenters. The molecule has 2 nitrogen and oxygen atoms in total. The van der Waals surface area contributed by atoms with Crippen molar-refractivity contribution in [2.24, 2.45) is 11.7 Å². The van der Waals surface area contributed by atoms with Gasteiger partial charge in [0.25, 0.3) is 0 Å². The van der Waals surface area contributed by atoms with Gasteiger partial charge in [0.2, 0.25) is 0 Å². The van der Waals surface area contributed by atoms with Crippen LogP contribution >= 0.6 is 0 Å². The fourth-order valence-electron chi connectivity index (χ4n) is 2.61. The van der Waals surface area contributed by atoms with Crippen LogP contribution in [-0.2, 0) is 0 Å². The second-order valence-corrected chi connectivity index (χ2v) is 5.47. The summed E-state index contributed by atoms with van der Waals surface area (Å²) in [4.78, 5) is 0. The third kappa shape index (κ3) is 3.76. The molecule has 90 valence electrons. The Kier molecular flexibility index (Phi) is 5.07. The van der Waals surface area contributed by atoms with Crippen molar-refractivity contribution in [1.82, 2.24) is 5.32 Å². The van der Waals surface area contributed by atoms with Gasteiger partial charge in [0, 0.05) is 18.1 Å². The molecule has 3 atom stereocenters. The summed E-state index contributed by atoms with van der Waals surface area (Å²) >= 11 is 0. The van der Waals surface area contributed by atoms with Crippen LogP contribution in [0, 0.1) is 5.92 Å². The van der Waals surface area contributed by atoms with Gasteiger partial charge < -0.3 is 11.1 Å². The third-order valence-corrected chi connectivity index (χ3v) is 4.02. The van der Waals surface area contributed by atoms with Crippen molar-refractivity contribution in [3.63, 3.8) is 0 Å². The van der Waals surface area contributed by atoms with Gasteiger partial charge in [0.15, 0.2) is 0 Å². The lowest BCUT2D eigenvalue weighted by Gasteiger charge is -2.35. The number of nitrogens with two attached hydrogens (primary N) is 1. The SMILES string of the molecule is CCC(C)NC1(CN)CCCC(C)CC1. The van der Waals surface area contributed by atoms with E-state index in [0.29, 0.717) is 6.04 Å². The molecule has 1 aliphatic carbocycles. The lowest BCUT2D eigenvalue weighted by atomic mass is 9.88. The minimum absolute atomic E-state index is 0.236. The summed E-state index contributed by atoms with van der Waals surface area (Å²) in [6.07, 6.45) is 7.76. The van der Waals surface area contributed by atoms with Gasteiger partial charge in [-0.2, -0.15) is 0 Å².